The highest BCUT2D eigenvalue weighted by Crippen LogP contribution is 2.37. The molecule has 1 N–H and O–H groups in total. The van der Waals surface area contributed by atoms with E-state index in [0.717, 1.165) is 10.9 Å². The Balaban J connectivity index is 2.05. The number of benzene rings is 1. The zero-order valence-electron chi connectivity index (χ0n) is 7.29. The minimum absolute atomic E-state index is 0.00759. The molecular formula is C10H8BrNO2. The molecule has 1 heterocycles. The third-order valence-electron chi connectivity index (χ3n) is 2.76. The molecule has 2 unspecified atom stereocenters. The van der Waals surface area contributed by atoms with Gasteiger partial charge in [0.2, 0.25) is 0 Å². The van der Waals surface area contributed by atoms with Crippen molar-refractivity contribution in [2.45, 2.75) is 18.6 Å². The quantitative estimate of drug-likeness (QED) is 0.770. The van der Waals surface area contributed by atoms with Gasteiger partial charge in [-0.15, -0.1) is 0 Å². The van der Waals surface area contributed by atoms with Gasteiger partial charge in [0.1, 0.15) is 6.10 Å². The average Bonchev–Trinajstić information content (AvgIpc) is 2.59. The van der Waals surface area contributed by atoms with Crippen molar-refractivity contribution in [1.82, 2.24) is 5.32 Å². The van der Waals surface area contributed by atoms with Crippen LogP contribution >= 0.6 is 15.9 Å². The smallest absolute Gasteiger partial charge is 0.408 e. The fourth-order valence-electron chi connectivity index (χ4n) is 2.17. The zero-order chi connectivity index (χ0) is 9.71. The highest BCUT2D eigenvalue weighted by molar-refractivity contribution is 9.10. The number of carbonyl (C=O) groups is 1. The molecule has 4 heteroatoms. The molecule has 1 aliphatic carbocycles. The number of hydrogen-bond donors (Lipinski definition) is 1. The third kappa shape index (κ3) is 1.07. The average molecular weight is 254 g/mol. The molecule has 1 amide bonds. The number of amides is 1. The number of ether oxygens (including phenoxy) is 1. The summed E-state index contributed by atoms with van der Waals surface area (Å²) >= 11 is 3.43. The van der Waals surface area contributed by atoms with E-state index in [4.69, 9.17) is 4.74 Å². The number of alkyl carbamates (subject to hydrolysis) is 1. The monoisotopic (exact) mass is 253 g/mol. The van der Waals surface area contributed by atoms with Crippen LogP contribution in [-0.2, 0) is 11.2 Å². The summed E-state index contributed by atoms with van der Waals surface area (Å²) in [6, 6.07) is 6.18. The molecule has 1 aromatic carbocycles. The zero-order valence-corrected chi connectivity index (χ0v) is 8.87. The summed E-state index contributed by atoms with van der Waals surface area (Å²) in [5.74, 6) is 0. The summed E-state index contributed by atoms with van der Waals surface area (Å²) in [6.45, 7) is 0. The van der Waals surface area contributed by atoms with Gasteiger partial charge in [0.15, 0.2) is 0 Å². The van der Waals surface area contributed by atoms with Gasteiger partial charge in [-0.2, -0.15) is 0 Å². The lowest BCUT2D eigenvalue weighted by Crippen LogP contribution is -2.18. The van der Waals surface area contributed by atoms with Gasteiger partial charge in [-0.25, -0.2) is 4.79 Å². The van der Waals surface area contributed by atoms with Crippen molar-refractivity contribution in [2.75, 3.05) is 0 Å². The first-order chi connectivity index (χ1) is 6.74. The van der Waals surface area contributed by atoms with Gasteiger partial charge >= 0.3 is 6.09 Å². The first-order valence-electron chi connectivity index (χ1n) is 4.49. The van der Waals surface area contributed by atoms with E-state index in [-0.39, 0.29) is 18.2 Å². The maximum absolute atomic E-state index is 11.0. The van der Waals surface area contributed by atoms with Gasteiger partial charge in [-0.05, 0) is 23.3 Å². The maximum Gasteiger partial charge on any atom is 0.408 e. The summed E-state index contributed by atoms with van der Waals surface area (Å²) in [6.07, 6.45) is 0.512. The van der Waals surface area contributed by atoms with E-state index >= 15 is 0 Å². The molecule has 0 spiro atoms. The Hall–Kier alpha value is -1.03. The standard InChI is InChI=1S/C10H8BrNO2/c11-6-1-2-7-5(3-6)4-8-9(7)12-10(13)14-8/h1-3,8-9H,4H2,(H,12,13). The van der Waals surface area contributed by atoms with Crippen molar-refractivity contribution < 1.29 is 9.53 Å². The topological polar surface area (TPSA) is 38.3 Å². The van der Waals surface area contributed by atoms with E-state index in [1.165, 1.54) is 11.1 Å². The van der Waals surface area contributed by atoms with E-state index in [1.807, 2.05) is 12.1 Å². The Morgan fingerprint density at radius 1 is 1.50 bits per heavy atom. The lowest BCUT2D eigenvalue weighted by Gasteiger charge is -2.06. The molecule has 3 nitrogen and oxygen atoms in total. The van der Waals surface area contributed by atoms with E-state index in [0.29, 0.717) is 0 Å². The van der Waals surface area contributed by atoms with Crippen LogP contribution in [0.5, 0.6) is 0 Å². The highest BCUT2D eigenvalue weighted by Gasteiger charge is 2.41. The van der Waals surface area contributed by atoms with Crippen molar-refractivity contribution in [3.63, 3.8) is 0 Å². The third-order valence-corrected chi connectivity index (χ3v) is 3.26. The van der Waals surface area contributed by atoms with Crippen LogP contribution in [0.4, 0.5) is 4.79 Å². The summed E-state index contributed by atoms with van der Waals surface area (Å²) in [5.41, 5.74) is 2.44. The summed E-state index contributed by atoms with van der Waals surface area (Å²) in [7, 11) is 0. The van der Waals surface area contributed by atoms with Crippen LogP contribution in [-0.4, -0.2) is 12.2 Å². The summed E-state index contributed by atoms with van der Waals surface area (Å²) < 4.78 is 6.21. The minimum Gasteiger partial charge on any atom is -0.443 e. The van der Waals surface area contributed by atoms with Crippen LogP contribution in [0.15, 0.2) is 22.7 Å². The normalized spacial score (nSPS) is 27.9. The van der Waals surface area contributed by atoms with Crippen molar-refractivity contribution in [2.24, 2.45) is 0 Å². The molecule has 0 radical (unpaired) electrons. The molecule has 1 fully saturated rings. The van der Waals surface area contributed by atoms with E-state index in [9.17, 15) is 4.79 Å². The maximum atomic E-state index is 11.0. The van der Waals surface area contributed by atoms with Crippen LogP contribution in [0.2, 0.25) is 0 Å². The van der Waals surface area contributed by atoms with Gasteiger partial charge in [0.05, 0.1) is 6.04 Å². The van der Waals surface area contributed by atoms with Crippen molar-refractivity contribution in [3.05, 3.63) is 33.8 Å². The van der Waals surface area contributed by atoms with Gasteiger partial charge < -0.3 is 10.1 Å². The molecule has 14 heavy (non-hydrogen) atoms. The van der Waals surface area contributed by atoms with Gasteiger partial charge in [-0.3, -0.25) is 0 Å². The van der Waals surface area contributed by atoms with Gasteiger partial charge in [0, 0.05) is 10.9 Å². The van der Waals surface area contributed by atoms with Crippen molar-refractivity contribution >= 4 is 22.0 Å². The first kappa shape index (κ1) is 8.29. The van der Waals surface area contributed by atoms with E-state index < -0.39 is 0 Å². The summed E-state index contributed by atoms with van der Waals surface area (Å²) in [5, 5.41) is 2.81. The second kappa shape index (κ2) is 2.73. The minimum atomic E-state index is -0.298. The number of hydrogen-bond acceptors (Lipinski definition) is 2. The van der Waals surface area contributed by atoms with E-state index in [1.54, 1.807) is 0 Å². The van der Waals surface area contributed by atoms with Crippen LogP contribution in [0, 0.1) is 0 Å². The fraction of sp³-hybridized carbons (Fsp3) is 0.300. The molecular weight excluding hydrogens is 246 g/mol. The molecule has 0 saturated carbocycles. The van der Waals surface area contributed by atoms with E-state index in [2.05, 4.69) is 27.3 Å². The Morgan fingerprint density at radius 2 is 2.36 bits per heavy atom. The number of halogens is 1. The number of rotatable bonds is 0. The van der Waals surface area contributed by atoms with Crippen molar-refractivity contribution in [1.29, 1.82) is 0 Å². The molecule has 3 rings (SSSR count). The molecule has 1 saturated heterocycles. The molecule has 2 atom stereocenters. The lowest BCUT2D eigenvalue weighted by atomic mass is 10.1. The van der Waals surface area contributed by atoms with Crippen LogP contribution in [0.3, 0.4) is 0 Å². The number of fused-ring (bicyclic) bond motifs is 3. The Morgan fingerprint density at radius 3 is 3.21 bits per heavy atom. The second-order valence-corrected chi connectivity index (χ2v) is 4.53. The lowest BCUT2D eigenvalue weighted by molar-refractivity contribution is 0.136. The predicted octanol–water partition coefficient (Wildman–Crippen LogP) is 2.15. The summed E-state index contributed by atoms with van der Waals surface area (Å²) in [4.78, 5) is 11.0. The second-order valence-electron chi connectivity index (χ2n) is 3.61. The predicted molar refractivity (Wildman–Crippen MR) is 54.0 cm³/mol. The molecule has 0 bridgehead atoms. The van der Waals surface area contributed by atoms with Crippen molar-refractivity contribution in [3.8, 4) is 0 Å². The first-order valence-corrected chi connectivity index (χ1v) is 5.29. The largest absolute Gasteiger partial charge is 0.443 e. The molecule has 2 aliphatic rings. The van der Waals surface area contributed by atoms with Gasteiger partial charge in [0.25, 0.3) is 0 Å². The Labute approximate surface area is 89.6 Å². The fourth-order valence-corrected chi connectivity index (χ4v) is 2.58. The molecule has 0 aromatic heterocycles. The number of nitrogens with one attached hydrogen (secondary N) is 1. The number of carbonyl (C=O) groups excluding carboxylic acids is 1. The van der Waals surface area contributed by atoms with Crippen LogP contribution < -0.4 is 5.32 Å². The Bertz CT molecular complexity index is 419. The SMILES string of the molecule is O=C1NC2c3ccc(Br)cc3CC2O1. The Kier molecular flexibility index (Phi) is 1.62. The molecule has 1 aliphatic heterocycles. The van der Waals surface area contributed by atoms with Crippen LogP contribution in [0.1, 0.15) is 17.2 Å². The van der Waals surface area contributed by atoms with Crippen LogP contribution in [0.25, 0.3) is 0 Å². The highest BCUT2D eigenvalue weighted by atomic mass is 79.9. The molecule has 72 valence electrons. The molecule has 1 aromatic rings. The van der Waals surface area contributed by atoms with Gasteiger partial charge in [-0.1, -0.05) is 22.0 Å².